The molecule has 0 aliphatic heterocycles. The lowest BCUT2D eigenvalue weighted by molar-refractivity contribution is -0.514. The van der Waals surface area contributed by atoms with Crippen LogP contribution in [0.3, 0.4) is 0 Å². The molecule has 0 unspecified atom stereocenters. The van der Waals surface area contributed by atoms with Gasteiger partial charge in [-0.15, -0.1) is 0 Å². The molecule has 0 saturated carbocycles. The van der Waals surface area contributed by atoms with Crippen molar-refractivity contribution in [2.75, 3.05) is 6.26 Å². The predicted octanol–water partition coefficient (Wildman–Crippen LogP) is -4.25. The van der Waals surface area contributed by atoms with Crippen LogP contribution in [0.4, 0.5) is 0 Å². The SMILES string of the molecule is CS/C(N)=[NH+]/N/C(C)=C\C(C)=O.[I-]. The van der Waals surface area contributed by atoms with Crippen molar-refractivity contribution in [3.63, 3.8) is 0 Å². The lowest BCUT2D eigenvalue weighted by Gasteiger charge is -1.95. The lowest BCUT2D eigenvalue weighted by atomic mass is 10.3. The number of hydrazine groups is 1. The van der Waals surface area contributed by atoms with Gasteiger partial charge in [-0.1, -0.05) is 0 Å². The molecule has 4 N–H and O–H groups in total. The van der Waals surface area contributed by atoms with Crippen LogP contribution in [-0.2, 0) is 4.79 Å². The van der Waals surface area contributed by atoms with Crippen molar-refractivity contribution in [1.29, 1.82) is 0 Å². The molecule has 6 heteroatoms. The fourth-order valence-electron chi connectivity index (χ4n) is 0.552. The van der Waals surface area contributed by atoms with Crippen LogP contribution in [-0.4, -0.2) is 17.2 Å². The zero-order chi connectivity index (χ0) is 9.56. The fraction of sp³-hybridized carbons (Fsp3) is 0.429. The number of hydrogen-bond acceptors (Lipinski definition) is 3. The molecule has 0 rings (SSSR count). The highest BCUT2D eigenvalue weighted by Crippen LogP contribution is 1.83. The monoisotopic (exact) mass is 315 g/mol. The molecule has 0 heterocycles. The first-order valence-corrected chi connectivity index (χ1v) is 4.66. The zero-order valence-corrected chi connectivity index (χ0v) is 10.8. The fourth-order valence-corrected chi connectivity index (χ4v) is 0.705. The predicted molar refractivity (Wildman–Crippen MR) is 51.2 cm³/mol. The Labute approximate surface area is 99.4 Å². The van der Waals surface area contributed by atoms with Crippen LogP contribution < -0.4 is 40.2 Å². The van der Waals surface area contributed by atoms with Gasteiger partial charge in [-0.3, -0.25) is 10.5 Å². The molecule has 0 aliphatic carbocycles. The largest absolute Gasteiger partial charge is 1.00 e. The van der Waals surface area contributed by atoms with E-state index >= 15 is 0 Å². The maximum atomic E-state index is 10.6. The van der Waals surface area contributed by atoms with Crippen LogP contribution in [0.2, 0.25) is 0 Å². The number of thioether (sulfide) groups is 1. The van der Waals surface area contributed by atoms with E-state index in [1.807, 2.05) is 6.26 Å². The Balaban J connectivity index is 0. The Hall–Kier alpha value is -0.240. The van der Waals surface area contributed by atoms with E-state index < -0.39 is 0 Å². The smallest absolute Gasteiger partial charge is 0.325 e. The third-order valence-corrected chi connectivity index (χ3v) is 1.56. The third-order valence-electron chi connectivity index (χ3n) is 1.02. The summed E-state index contributed by atoms with van der Waals surface area (Å²) in [6, 6.07) is 0. The van der Waals surface area contributed by atoms with E-state index in [1.165, 1.54) is 24.8 Å². The molecule has 0 aromatic heterocycles. The topological polar surface area (TPSA) is 69.1 Å². The van der Waals surface area contributed by atoms with Gasteiger partial charge in [0.25, 0.3) is 0 Å². The highest BCUT2D eigenvalue weighted by atomic mass is 127. The Kier molecular flexibility index (Phi) is 9.80. The average molecular weight is 315 g/mol. The van der Waals surface area contributed by atoms with Gasteiger partial charge in [0.2, 0.25) is 0 Å². The molecule has 0 aromatic carbocycles. The van der Waals surface area contributed by atoms with Crippen LogP contribution in [0.15, 0.2) is 11.8 Å². The first-order chi connectivity index (χ1) is 5.56. The normalized spacial score (nSPS) is 11.9. The maximum Gasteiger partial charge on any atom is 0.325 e. The summed E-state index contributed by atoms with van der Waals surface area (Å²) in [6.45, 7) is 3.27. The molecule has 0 amide bonds. The Morgan fingerprint density at radius 2 is 2.08 bits per heavy atom. The van der Waals surface area contributed by atoms with Gasteiger partial charge >= 0.3 is 5.17 Å². The molecule has 0 fully saturated rings. The summed E-state index contributed by atoms with van der Waals surface area (Å²) in [5, 5.41) is 3.29. The third kappa shape index (κ3) is 9.68. The van der Waals surface area contributed by atoms with Crippen LogP contribution in [0.5, 0.6) is 0 Å². The summed E-state index contributed by atoms with van der Waals surface area (Å²) < 4.78 is 0. The van der Waals surface area contributed by atoms with E-state index in [1.54, 1.807) is 6.92 Å². The quantitative estimate of drug-likeness (QED) is 0.162. The van der Waals surface area contributed by atoms with Gasteiger partial charge in [-0.05, 0) is 31.9 Å². The second kappa shape index (κ2) is 8.36. The minimum absolute atomic E-state index is 0. The highest BCUT2D eigenvalue weighted by Gasteiger charge is 1.94. The molecule has 0 bridgehead atoms. The van der Waals surface area contributed by atoms with Crippen molar-refractivity contribution in [3.8, 4) is 0 Å². The Bertz CT molecular complexity index is 228. The second-order valence-corrected chi connectivity index (χ2v) is 3.10. The van der Waals surface area contributed by atoms with Crippen LogP contribution in [0.25, 0.3) is 0 Å². The summed E-state index contributed by atoms with van der Waals surface area (Å²) in [6.07, 6.45) is 3.34. The standard InChI is InChI=1S/C7H13N3OS.HI/c1-5(4-6(2)11)9-10-7(8)12-3;/h4,9H,1-3H3,(H2,8,10);1H/b5-4-;. The molecule has 13 heavy (non-hydrogen) atoms. The van der Waals surface area contributed by atoms with E-state index in [0.717, 1.165) is 5.70 Å². The number of rotatable bonds is 3. The number of carbonyl (C=O) groups excluding carboxylic acids is 1. The molecular formula is C7H14IN3OS. The molecule has 0 aromatic rings. The summed E-state index contributed by atoms with van der Waals surface area (Å²) in [5.74, 6) is 0.00419. The second-order valence-electron chi connectivity index (χ2n) is 2.26. The maximum absolute atomic E-state index is 10.6. The lowest BCUT2D eigenvalue weighted by Crippen LogP contribution is -3.00. The number of ketones is 1. The van der Waals surface area contributed by atoms with Gasteiger partial charge < -0.3 is 24.0 Å². The van der Waals surface area contributed by atoms with Gasteiger partial charge in [-0.25, -0.2) is 5.43 Å². The number of carbonyl (C=O) groups is 1. The van der Waals surface area contributed by atoms with Crippen molar-refractivity contribution in [2.45, 2.75) is 13.8 Å². The first-order valence-electron chi connectivity index (χ1n) is 3.43. The van der Waals surface area contributed by atoms with E-state index in [4.69, 9.17) is 5.73 Å². The number of hydrazone groups is 1. The minimum atomic E-state index is 0. The molecule has 0 atom stereocenters. The average Bonchev–Trinajstić information content (AvgIpc) is 1.99. The van der Waals surface area contributed by atoms with Crippen molar-refractivity contribution >= 4 is 22.7 Å². The van der Waals surface area contributed by atoms with Gasteiger partial charge in [0, 0.05) is 6.08 Å². The summed E-state index contributed by atoms with van der Waals surface area (Å²) in [5.41, 5.74) is 8.95. The number of nitrogens with two attached hydrogens (primary N) is 1. The van der Waals surface area contributed by atoms with E-state index in [9.17, 15) is 4.79 Å². The molecule has 4 nitrogen and oxygen atoms in total. The van der Waals surface area contributed by atoms with Crippen LogP contribution in [0.1, 0.15) is 13.8 Å². The van der Waals surface area contributed by atoms with Crippen LogP contribution >= 0.6 is 11.8 Å². The van der Waals surface area contributed by atoms with Crippen molar-refractivity contribution in [3.05, 3.63) is 11.8 Å². The molecule has 0 radical (unpaired) electrons. The van der Waals surface area contributed by atoms with Crippen LogP contribution in [0, 0.1) is 0 Å². The molecule has 76 valence electrons. The first kappa shape index (κ1) is 15.2. The zero-order valence-electron chi connectivity index (χ0n) is 7.85. The highest BCUT2D eigenvalue weighted by molar-refractivity contribution is 8.12. The van der Waals surface area contributed by atoms with Crippen molar-refractivity contribution in [1.82, 2.24) is 5.43 Å². The van der Waals surface area contributed by atoms with Crippen molar-refractivity contribution < 1.29 is 33.9 Å². The van der Waals surface area contributed by atoms with E-state index in [0.29, 0.717) is 5.17 Å². The summed E-state index contributed by atoms with van der Waals surface area (Å²) >= 11 is 1.39. The minimum Gasteiger partial charge on any atom is -1.00 e. The van der Waals surface area contributed by atoms with E-state index in [-0.39, 0.29) is 29.8 Å². The summed E-state index contributed by atoms with van der Waals surface area (Å²) in [7, 11) is 0. The molecular weight excluding hydrogens is 301 g/mol. The van der Waals surface area contributed by atoms with Gasteiger partial charge in [-0.2, -0.15) is 5.10 Å². The summed E-state index contributed by atoms with van der Waals surface area (Å²) in [4.78, 5) is 10.6. The molecule has 0 saturated heterocycles. The number of allylic oxidation sites excluding steroid dienone is 2. The number of hydrogen-bond donors (Lipinski definition) is 3. The number of halogens is 1. The number of amidine groups is 1. The number of nitrogens with one attached hydrogen (secondary N) is 2. The van der Waals surface area contributed by atoms with Gasteiger partial charge in [0.05, 0.1) is 5.70 Å². The Morgan fingerprint density at radius 1 is 1.54 bits per heavy atom. The van der Waals surface area contributed by atoms with Gasteiger partial charge in [0.15, 0.2) is 5.78 Å². The van der Waals surface area contributed by atoms with Gasteiger partial charge in [0.1, 0.15) is 0 Å². The van der Waals surface area contributed by atoms with Crippen molar-refractivity contribution in [2.24, 2.45) is 5.73 Å². The molecule has 0 aliphatic rings. The van der Waals surface area contributed by atoms with E-state index in [2.05, 4.69) is 10.5 Å². The molecule has 0 spiro atoms. The Morgan fingerprint density at radius 3 is 2.46 bits per heavy atom.